The lowest BCUT2D eigenvalue weighted by molar-refractivity contribution is -0.254. The van der Waals surface area contributed by atoms with E-state index in [1.165, 1.54) is 13.8 Å². The van der Waals surface area contributed by atoms with Crippen molar-refractivity contribution < 1.29 is 26.3 Å². The number of allylic oxidation sites excluding steroid dienone is 2. The van der Waals surface area contributed by atoms with Crippen molar-refractivity contribution in [2.24, 2.45) is 0 Å². The number of fused-ring (bicyclic) bond motifs is 2. The summed E-state index contributed by atoms with van der Waals surface area (Å²) in [5.41, 5.74) is -1.40. The highest BCUT2D eigenvalue weighted by atomic mass is 32.1. The van der Waals surface area contributed by atoms with Gasteiger partial charge in [-0.3, -0.25) is 0 Å². The van der Waals surface area contributed by atoms with E-state index >= 15 is 17.6 Å². The minimum atomic E-state index is -5.62. The van der Waals surface area contributed by atoms with Crippen LogP contribution in [0.15, 0.2) is 36.4 Å². The smallest absolute Gasteiger partial charge is 0.194 e. The maximum absolute atomic E-state index is 15.3. The van der Waals surface area contributed by atoms with Crippen molar-refractivity contribution in [1.82, 2.24) is 0 Å². The molecule has 0 bridgehead atoms. The number of hydrogen-bond acceptors (Lipinski definition) is 2. The second-order valence-electron chi connectivity index (χ2n) is 8.30. The molecule has 0 aliphatic heterocycles. The van der Waals surface area contributed by atoms with Crippen LogP contribution < -0.4 is 0 Å². The van der Waals surface area contributed by atoms with Crippen LogP contribution in [0.2, 0.25) is 0 Å². The largest absolute Gasteiger partial charge is 0.380 e. The summed E-state index contributed by atoms with van der Waals surface area (Å²) >= 11 is 1.53. The van der Waals surface area contributed by atoms with E-state index in [4.69, 9.17) is 12.8 Å². The van der Waals surface area contributed by atoms with Gasteiger partial charge in [-0.15, -0.1) is 35.5 Å². The molecule has 0 N–H and O–H groups in total. The van der Waals surface area contributed by atoms with E-state index in [1.54, 1.807) is 36.4 Å². The Morgan fingerprint density at radius 1 is 0.657 bits per heavy atom. The molecule has 2 aromatic carbocycles. The summed E-state index contributed by atoms with van der Waals surface area (Å²) in [6.45, 7) is 2.89. The van der Waals surface area contributed by atoms with Gasteiger partial charge in [0.25, 0.3) is 0 Å². The monoisotopic (exact) mass is 516 g/mol. The zero-order valence-electron chi connectivity index (χ0n) is 18.2. The molecule has 8 heteroatoms. The summed E-state index contributed by atoms with van der Waals surface area (Å²) in [7, 11) is 0. The number of benzene rings is 2. The van der Waals surface area contributed by atoms with Crippen molar-refractivity contribution in [3.63, 3.8) is 0 Å². The lowest BCUT2D eigenvalue weighted by Crippen LogP contribution is -2.48. The summed E-state index contributed by atoms with van der Waals surface area (Å²) in [6, 6.07) is 9.41. The Bertz CT molecular complexity index is 1550. The zero-order valence-corrected chi connectivity index (χ0v) is 19.8. The van der Waals surface area contributed by atoms with Gasteiger partial charge in [-0.25, -0.2) is 0 Å². The molecule has 0 saturated heterocycles. The third-order valence-corrected chi connectivity index (χ3v) is 8.91. The molecule has 2 aromatic heterocycles. The Balaban J connectivity index is 1.91. The fraction of sp³-hybridized carbons (Fsp3) is 0.185. The number of thiophene rings is 2. The summed E-state index contributed by atoms with van der Waals surface area (Å²) in [5, 5.41) is 0.904. The molecule has 2 heterocycles. The quantitative estimate of drug-likeness (QED) is 0.185. The molecule has 0 spiro atoms. The summed E-state index contributed by atoms with van der Waals surface area (Å²) in [5.74, 6) is -11.0. The van der Waals surface area contributed by atoms with Gasteiger partial charge < -0.3 is 0 Å². The minimum absolute atomic E-state index is 0.191. The fourth-order valence-corrected chi connectivity index (χ4v) is 6.98. The first-order valence-corrected chi connectivity index (χ1v) is 11.9. The van der Waals surface area contributed by atoms with E-state index in [2.05, 4.69) is 11.8 Å². The number of alkyl halides is 6. The maximum atomic E-state index is 15.3. The van der Waals surface area contributed by atoms with Crippen LogP contribution in [-0.4, -0.2) is 17.8 Å². The Morgan fingerprint density at radius 2 is 1.03 bits per heavy atom. The Labute approximate surface area is 204 Å². The molecule has 4 aromatic rings. The topological polar surface area (TPSA) is 0 Å². The fourth-order valence-electron chi connectivity index (χ4n) is 4.44. The normalized spacial score (nSPS) is 18.2. The Morgan fingerprint density at radius 3 is 1.37 bits per heavy atom. The highest BCUT2D eigenvalue weighted by Crippen LogP contribution is 2.66. The first kappa shape index (κ1) is 23.5. The van der Waals surface area contributed by atoms with Crippen molar-refractivity contribution in [3.05, 3.63) is 68.4 Å². The molecule has 1 aliphatic carbocycles. The van der Waals surface area contributed by atoms with Gasteiger partial charge >= 0.3 is 17.8 Å². The number of terminal acetylenes is 2. The van der Waals surface area contributed by atoms with Crippen molar-refractivity contribution in [2.75, 3.05) is 0 Å². The van der Waals surface area contributed by atoms with E-state index in [9.17, 15) is 8.78 Å². The van der Waals surface area contributed by atoms with Gasteiger partial charge in [0.1, 0.15) is 0 Å². The predicted octanol–water partition coefficient (Wildman–Crippen LogP) is 8.53. The lowest BCUT2D eigenvalue weighted by atomic mass is 9.98. The minimum Gasteiger partial charge on any atom is -0.194 e. The van der Waals surface area contributed by atoms with E-state index in [-0.39, 0.29) is 20.9 Å². The lowest BCUT2D eigenvalue weighted by Gasteiger charge is -2.25. The molecule has 0 radical (unpaired) electrons. The van der Waals surface area contributed by atoms with Crippen LogP contribution in [0, 0.1) is 38.5 Å². The molecular formula is C27H14F6S2. The van der Waals surface area contributed by atoms with Gasteiger partial charge in [0, 0.05) is 30.3 Å². The van der Waals surface area contributed by atoms with Crippen molar-refractivity contribution in [2.45, 2.75) is 31.6 Å². The highest BCUT2D eigenvalue weighted by molar-refractivity contribution is 7.21. The number of aryl methyl sites for hydroxylation is 2. The first-order valence-electron chi connectivity index (χ1n) is 10.3. The maximum Gasteiger partial charge on any atom is 0.380 e. The van der Waals surface area contributed by atoms with E-state index < -0.39 is 28.9 Å². The van der Waals surface area contributed by atoms with Gasteiger partial charge in [0.15, 0.2) is 0 Å². The van der Waals surface area contributed by atoms with Crippen LogP contribution in [-0.2, 0) is 0 Å². The molecule has 0 amide bonds. The average Bonchev–Trinajstić information content (AvgIpc) is 3.35. The van der Waals surface area contributed by atoms with Gasteiger partial charge in [0.05, 0.1) is 11.1 Å². The van der Waals surface area contributed by atoms with Crippen molar-refractivity contribution in [3.8, 4) is 24.7 Å². The molecule has 35 heavy (non-hydrogen) atoms. The molecule has 0 unspecified atom stereocenters. The van der Waals surface area contributed by atoms with Crippen LogP contribution in [0.1, 0.15) is 32.0 Å². The second-order valence-corrected chi connectivity index (χ2v) is 10.4. The zero-order chi connectivity index (χ0) is 25.5. The first-order chi connectivity index (χ1) is 16.4. The predicted molar refractivity (Wildman–Crippen MR) is 131 cm³/mol. The standard InChI is InChI=1S/C27H14F6S2/c1-5-15-7-9-19-17(11-15)13(3)23(34-19)21-22(26(30,31)27(32,33)25(21,28)29)24-14(4)18-12-16(6-2)8-10-20(18)35-24/h1-2,7-12H,3-4H3. The Kier molecular flexibility index (Phi) is 4.98. The Hall–Kier alpha value is -3.20. The van der Waals surface area contributed by atoms with Gasteiger partial charge in [-0.2, -0.15) is 26.3 Å². The summed E-state index contributed by atoms with van der Waals surface area (Å²) < 4.78 is 91.9. The van der Waals surface area contributed by atoms with Crippen LogP contribution >= 0.6 is 22.7 Å². The number of hydrogen-bond donors (Lipinski definition) is 0. The van der Waals surface area contributed by atoms with Crippen LogP contribution in [0.3, 0.4) is 0 Å². The summed E-state index contributed by atoms with van der Waals surface area (Å²) in [6.07, 6.45) is 10.8. The number of rotatable bonds is 2. The van der Waals surface area contributed by atoms with Crippen LogP contribution in [0.25, 0.3) is 31.3 Å². The molecule has 5 rings (SSSR count). The average molecular weight is 517 g/mol. The third kappa shape index (κ3) is 2.97. The number of halogens is 6. The van der Waals surface area contributed by atoms with Crippen molar-refractivity contribution >= 4 is 54.0 Å². The second kappa shape index (κ2) is 7.40. The molecule has 176 valence electrons. The molecule has 0 atom stereocenters. The van der Waals surface area contributed by atoms with Gasteiger partial charge in [-0.1, -0.05) is 11.8 Å². The molecule has 0 fully saturated rings. The third-order valence-electron chi connectivity index (χ3n) is 6.33. The highest BCUT2D eigenvalue weighted by Gasteiger charge is 2.80. The van der Waals surface area contributed by atoms with E-state index in [1.807, 2.05) is 0 Å². The molecule has 0 saturated carbocycles. The van der Waals surface area contributed by atoms with E-state index in [0.717, 1.165) is 22.7 Å². The van der Waals surface area contributed by atoms with Gasteiger partial charge in [0.2, 0.25) is 0 Å². The van der Waals surface area contributed by atoms with Crippen molar-refractivity contribution in [1.29, 1.82) is 0 Å². The van der Waals surface area contributed by atoms with E-state index in [0.29, 0.717) is 31.3 Å². The van der Waals surface area contributed by atoms with Crippen LogP contribution in [0.4, 0.5) is 26.3 Å². The van der Waals surface area contributed by atoms with Crippen LogP contribution in [0.5, 0.6) is 0 Å². The van der Waals surface area contributed by atoms with Gasteiger partial charge in [-0.05, 0) is 72.1 Å². The molecule has 1 aliphatic rings. The summed E-state index contributed by atoms with van der Waals surface area (Å²) in [4.78, 5) is -0.626. The molecular weight excluding hydrogens is 502 g/mol. The SMILES string of the molecule is C#Cc1ccc2sc(C3=C(c4sc5ccc(C#C)cc5c4C)C(F)(F)C(F)(F)C3(F)F)c(C)c2c1. The molecule has 0 nitrogen and oxygen atoms in total.